The monoisotopic (exact) mass is 346 g/mol. The second-order valence-corrected chi connectivity index (χ2v) is 7.59. The molecule has 0 radical (unpaired) electrons. The number of carbonyl (C=O) groups excluding carboxylic acids is 1. The predicted octanol–water partition coefficient (Wildman–Crippen LogP) is 2.16. The van der Waals surface area contributed by atoms with Crippen LogP contribution in [0.15, 0.2) is 17.8 Å². The summed E-state index contributed by atoms with van der Waals surface area (Å²) in [5.41, 5.74) is 0.739. The molecule has 24 heavy (non-hydrogen) atoms. The average molecular weight is 346 g/mol. The van der Waals surface area contributed by atoms with Crippen LogP contribution in [0.1, 0.15) is 19.3 Å². The molecule has 0 bridgehead atoms. The lowest BCUT2D eigenvalue weighted by atomic mass is 9.78. The fraction of sp³-hybridized carbons (Fsp3) is 0.588. The number of piperidine rings is 1. The zero-order chi connectivity index (χ0) is 16.6. The van der Waals surface area contributed by atoms with Gasteiger partial charge in [-0.3, -0.25) is 4.79 Å². The smallest absolute Gasteiger partial charge is 0.230 e. The lowest BCUT2D eigenvalue weighted by Gasteiger charge is -2.39. The molecule has 0 N–H and O–H groups in total. The summed E-state index contributed by atoms with van der Waals surface area (Å²) >= 11 is 1.67. The first-order chi connectivity index (χ1) is 11.7. The Hall–Kier alpha value is -1.73. The Labute approximate surface area is 145 Å². The van der Waals surface area contributed by atoms with Gasteiger partial charge in [0, 0.05) is 33.3 Å². The SMILES string of the molecule is COCCN1CCC[C@@]2(CCN(c3ncnc4ccsc34)C2)C1=O. The molecule has 1 spiro atoms. The van der Waals surface area contributed by atoms with E-state index in [9.17, 15) is 4.79 Å². The summed E-state index contributed by atoms with van der Waals surface area (Å²) < 4.78 is 6.27. The summed E-state index contributed by atoms with van der Waals surface area (Å²) in [6, 6.07) is 2.02. The Balaban J connectivity index is 1.57. The number of amides is 1. The summed E-state index contributed by atoms with van der Waals surface area (Å²) in [7, 11) is 1.68. The van der Waals surface area contributed by atoms with E-state index in [0.717, 1.165) is 54.9 Å². The lowest BCUT2D eigenvalue weighted by Crippen LogP contribution is -2.51. The van der Waals surface area contributed by atoms with Crippen LogP contribution in [0.4, 0.5) is 5.82 Å². The number of likely N-dealkylation sites (tertiary alicyclic amines) is 1. The first-order valence-electron chi connectivity index (χ1n) is 8.45. The van der Waals surface area contributed by atoms with Crippen molar-refractivity contribution in [1.82, 2.24) is 14.9 Å². The molecule has 4 heterocycles. The molecule has 2 aliphatic heterocycles. The third-order valence-electron chi connectivity index (χ3n) is 5.27. The van der Waals surface area contributed by atoms with Crippen molar-refractivity contribution in [1.29, 1.82) is 0 Å². The summed E-state index contributed by atoms with van der Waals surface area (Å²) in [5.74, 6) is 1.28. The average Bonchev–Trinajstić information content (AvgIpc) is 3.24. The van der Waals surface area contributed by atoms with E-state index in [4.69, 9.17) is 4.74 Å². The summed E-state index contributed by atoms with van der Waals surface area (Å²) in [6.07, 6.45) is 4.58. The molecule has 4 rings (SSSR count). The van der Waals surface area contributed by atoms with Crippen molar-refractivity contribution >= 4 is 33.3 Å². The summed E-state index contributed by atoms with van der Waals surface area (Å²) in [4.78, 5) is 26.2. The Kier molecular flexibility index (Phi) is 4.14. The fourth-order valence-corrected chi connectivity index (χ4v) is 4.86. The van der Waals surface area contributed by atoms with Crippen molar-refractivity contribution < 1.29 is 9.53 Å². The van der Waals surface area contributed by atoms with Gasteiger partial charge in [0.15, 0.2) is 0 Å². The highest BCUT2D eigenvalue weighted by atomic mass is 32.1. The minimum Gasteiger partial charge on any atom is -0.383 e. The highest BCUT2D eigenvalue weighted by molar-refractivity contribution is 7.17. The van der Waals surface area contributed by atoms with E-state index in [0.29, 0.717) is 19.1 Å². The van der Waals surface area contributed by atoms with E-state index in [-0.39, 0.29) is 5.41 Å². The quantitative estimate of drug-likeness (QED) is 0.849. The van der Waals surface area contributed by atoms with Crippen LogP contribution >= 0.6 is 11.3 Å². The molecular weight excluding hydrogens is 324 g/mol. The van der Waals surface area contributed by atoms with Crippen LogP contribution in [0.3, 0.4) is 0 Å². The number of thiophene rings is 1. The Bertz CT molecular complexity index is 749. The van der Waals surface area contributed by atoms with E-state index >= 15 is 0 Å². The standard InChI is InChI=1S/C17H22N4O2S/c1-23-9-8-20-6-2-4-17(16(20)22)5-7-21(11-17)15-14-13(3-10-24-14)18-12-19-15/h3,10,12H,2,4-9,11H2,1H3/t17-/m0/s1. The highest BCUT2D eigenvalue weighted by Crippen LogP contribution is 2.42. The van der Waals surface area contributed by atoms with E-state index < -0.39 is 0 Å². The third kappa shape index (κ3) is 2.56. The van der Waals surface area contributed by atoms with Gasteiger partial charge in [-0.1, -0.05) is 0 Å². The number of anilines is 1. The van der Waals surface area contributed by atoms with E-state index in [1.165, 1.54) is 0 Å². The minimum absolute atomic E-state index is 0.249. The largest absolute Gasteiger partial charge is 0.383 e. The van der Waals surface area contributed by atoms with Crippen molar-refractivity contribution in [3.8, 4) is 0 Å². The van der Waals surface area contributed by atoms with Crippen LogP contribution in [-0.2, 0) is 9.53 Å². The number of rotatable bonds is 4. The van der Waals surface area contributed by atoms with Crippen molar-refractivity contribution in [3.05, 3.63) is 17.8 Å². The van der Waals surface area contributed by atoms with Crippen molar-refractivity contribution in [2.75, 3.05) is 44.8 Å². The van der Waals surface area contributed by atoms with Gasteiger partial charge in [0.2, 0.25) is 5.91 Å². The van der Waals surface area contributed by atoms with Crippen molar-refractivity contribution in [3.63, 3.8) is 0 Å². The van der Waals surface area contributed by atoms with E-state index in [1.54, 1.807) is 24.8 Å². The maximum atomic E-state index is 13.1. The van der Waals surface area contributed by atoms with Gasteiger partial charge in [0.05, 0.1) is 22.2 Å². The summed E-state index contributed by atoms with van der Waals surface area (Å²) in [5, 5.41) is 2.05. The van der Waals surface area contributed by atoms with Gasteiger partial charge in [-0.25, -0.2) is 9.97 Å². The number of carbonyl (C=O) groups is 1. The zero-order valence-corrected chi connectivity index (χ0v) is 14.7. The molecule has 2 fully saturated rings. The number of nitrogens with zero attached hydrogens (tertiary/aromatic N) is 4. The number of aromatic nitrogens is 2. The van der Waals surface area contributed by atoms with Crippen LogP contribution in [0.25, 0.3) is 10.2 Å². The normalized spacial score (nSPS) is 24.5. The Morgan fingerprint density at radius 2 is 2.25 bits per heavy atom. The van der Waals surface area contributed by atoms with Gasteiger partial charge in [-0.05, 0) is 30.7 Å². The Morgan fingerprint density at radius 3 is 3.12 bits per heavy atom. The molecule has 2 aliphatic rings. The minimum atomic E-state index is -0.249. The number of hydrogen-bond acceptors (Lipinski definition) is 6. The molecule has 0 saturated carbocycles. The number of fused-ring (bicyclic) bond motifs is 1. The number of ether oxygens (including phenoxy) is 1. The zero-order valence-electron chi connectivity index (χ0n) is 13.9. The van der Waals surface area contributed by atoms with Gasteiger partial charge in [-0.2, -0.15) is 0 Å². The van der Waals surface area contributed by atoms with Gasteiger partial charge >= 0.3 is 0 Å². The van der Waals surface area contributed by atoms with Crippen LogP contribution in [-0.4, -0.2) is 60.7 Å². The summed E-state index contributed by atoms with van der Waals surface area (Å²) in [6.45, 7) is 3.80. The fourth-order valence-electron chi connectivity index (χ4n) is 4.00. The molecule has 0 aliphatic carbocycles. The molecule has 0 aromatic carbocycles. The lowest BCUT2D eigenvalue weighted by molar-refractivity contribution is -0.145. The van der Waals surface area contributed by atoms with Gasteiger partial charge in [0.1, 0.15) is 12.1 Å². The van der Waals surface area contributed by atoms with E-state index in [2.05, 4.69) is 14.9 Å². The van der Waals surface area contributed by atoms with Crippen molar-refractivity contribution in [2.45, 2.75) is 19.3 Å². The molecule has 1 atom stereocenters. The highest BCUT2D eigenvalue weighted by Gasteiger charge is 2.48. The first kappa shape index (κ1) is 15.8. The van der Waals surface area contributed by atoms with E-state index in [1.807, 2.05) is 16.3 Å². The van der Waals surface area contributed by atoms with Crippen molar-refractivity contribution in [2.24, 2.45) is 5.41 Å². The molecule has 2 saturated heterocycles. The molecule has 2 aromatic heterocycles. The maximum Gasteiger partial charge on any atom is 0.230 e. The topological polar surface area (TPSA) is 58.6 Å². The van der Waals surface area contributed by atoms with Crippen LogP contribution in [0, 0.1) is 5.41 Å². The van der Waals surface area contributed by atoms with Gasteiger partial charge < -0.3 is 14.5 Å². The second kappa shape index (κ2) is 6.29. The molecule has 6 nitrogen and oxygen atoms in total. The van der Waals surface area contributed by atoms with Crippen LogP contribution in [0.5, 0.6) is 0 Å². The molecule has 2 aromatic rings. The Morgan fingerprint density at radius 1 is 1.33 bits per heavy atom. The predicted molar refractivity (Wildman–Crippen MR) is 94.4 cm³/mol. The number of methoxy groups -OCH3 is 1. The first-order valence-corrected chi connectivity index (χ1v) is 9.33. The maximum absolute atomic E-state index is 13.1. The molecule has 0 unspecified atom stereocenters. The van der Waals surface area contributed by atoms with Gasteiger partial charge in [-0.15, -0.1) is 11.3 Å². The number of hydrogen-bond donors (Lipinski definition) is 0. The molecular formula is C17H22N4O2S. The molecule has 7 heteroatoms. The molecule has 128 valence electrons. The van der Waals surface area contributed by atoms with Gasteiger partial charge in [0.25, 0.3) is 0 Å². The van der Waals surface area contributed by atoms with Crippen LogP contribution in [0.2, 0.25) is 0 Å². The third-order valence-corrected chi connectivity index (χ3v) is 6.17. The second-order valence-electron chi connectivity index (χ2n) is 6.67. The molecule has 1 amide bonds. The van der Waals surface area contributed by atoms with Crippen LogP contribution < -0.4 is 4.90 Å².